The fraction of sp³-hybridized carbons (Fsp3) is 0.176. The number of amides is 1. The molecule has 2 aromatic carbocycles. The van der Waals surface area contributed by atoms with Gasteiger partial charge in [-0.1, -0.05) is 59.6 Å². The Labute approximate surface area is 144 Å². The summed E-state index contributed by atoms with van der Waals surface area (Å²) in [4.78, 5) is 23.5. The highest BCUT2D eigenvalue weighted by molar-refractivity contribution is 6.36. The lowest BCUT2D eigenvalue weighted by molar-refractivity contribution is -0.145. The Hall–Kier alpha value is -2.04. The van der Waals surface area contributed by atoms with Crippen molar-refractivity contribution in [3.05, 3.63) is 69.7 Å². The van der Waals surface area contributed by atoms with Gasteiger partial charge in [-0.25, -0.2) is 0 Å². The van der Waals surface area contributed by atoms with Crippen molar-refractivity contribution in [3.8, 4) is 0 Å². The first-order chi connectivity index (χ1) is 11.1. The normalized spacial score (nSPS) is 10.2. The van der Waals surface area contributed by atoms with Crippen LogP contribution >= 0.6 is 23.2 Å². The van der Waals surface area contributed by atoms with E-state index in [-0.39, 0.29) is 25.5 Å². The van der Waals surface area contributed by atoms with Crippen molar-refractivity contribution in [3.63, 3.8) is 0 Å². The maximum atomic E-state index is 11.9. The fourth-order valence-corrected chi connectivity index (χ4v) is 2.42. The average molecular weight is 352 g/mol. The molecule has 0 saturated carbocycles. The van der Waals surface area contributed by atoms with E-state index in [2.05, 4.69) is 5.32 Å². The summed E-state index contributed by atoms with van der Waals surface area (Å²) in [6.45, 7) is -0.0282. The molecule has 0 aliphatic heterocycles. The van der Waals surface area contributed by atoms with Crippen LogP contribution in [0.3, 0.4) is 0 Å². The summed E-state index contributed by atoms with van der Waals surface area (Å²) in [6.07, 6.45) is 0.00444. The molecule has 0 fully saturated rings. The number of esters is 1. The number of halogens is 2. The van der Waals surface area contributed by atoms with Gasteiger partial charge in [0.2, 0.25) is 5.91 Å². The number of hydrogen-bond donors (Lipinski definition) is 1. The molecule has 23 heavy (non-hydrogen) atoms. The van der Waals surface area contributed by atoms with Crippen molar-refractivity contribution in [2.24, 2.45) is 0 Å². The molecule has 0 aromatic heterocycles. The zero-order chi connectivity index (χ0) is 16.7. The maximum Gasteiger partial charge on any atom is 0.325 e. The quantitative estimate of drug-likeness (QED) is 0.811. The molecule has 120 valence electrons. The summed E-state index contributed by atoms with van der Waals surface area (Å²) in [5.74, 6) is -0.857. The van der Waals surface area contributed by atoms with Gasteiger partial charge < -0.3 is 10.1 Å². The van der Waals surface area contributed by atoms with Gasteiger partial charge in [0.05, 0.1) is 6.42 Å². The number of hydrogen-bond acceptors (Lipinski definition) is 3. The molecular formula is C17H15Cl2NO3. The van der Waals surface area contributed by atoms with Crippen molar-refractivity contribution >= 4 is 35.1 Å². The molecule has 1 amide bonds. The first kappa shape index (κ1) is 17.3. The first-order valence-corrected chi connectivity index (χ1v) is 7.71. The topological polar surface area (TPSA) is 55.4 Å². The van der Waals surface area contributed by atoms with Crippen molar-refractivity contribution in [1.29, 1.82) is 0 Å². The van der Waals surface area contributed by atoms with E-state index < -0.39 is 5.97 Å². The van der Waals surface area contributed by atoms with E-state index in [1.165, 1.54) is 0 Å². The number of nitrogens with one attached hydrogen (secondary N) is 1. The van der Waals surface area contributed by atoms with E-state index in [1.54, 1.807) is 18.2 Å². The maximum absolute atomic E-state index is 11.9. The van der Waals surface area contributed by atoms with Crippen LogP contribution in [0.25, 0.3) is 0 Å². The van der Waals surface area contributed by atoms with Crippen LogP contribution in [0.2, 0.25) is 10.0 Å². The van der Waals surface area contributed by atoms with Crippen molar-refractivity contribution in [2.45, 2.75) is 13.0 Å². The van der Waals surface area contributed by atoms with Crippen molar-refractivity contribution in [1.82, 2.24) is 5.32 Å². The Kier molecular flexibility index (Phi) is 6.44. The molecule has 1 N–H and O–H groups in total. The van der Waals surface area contributed by atoms with E-state index in [0.29, 0.717) is 15.6 Å². The second kappa shape index (κ2) is 8.56. The average Bonchev–Trinajstić information content (AvgIpc) is 2.55. The van der Waals surface area contributed by atoms with Crippen LogP contribution < -0.4 is 5.32 Å². The van der Waals surface area contributed by atoms with E-state index in [1.807, 2.05) is 30.3 Å². The van der Waals surface area contributed by atoms with E-state index in [4.69, 9.17) is 27.9 Å². The van der Waals surface area contributed by atoms with Crippen LogP contribution in [0.4, 0.5) is 0 Å². The van der Waals surface area contributed by atoms with Gasteiger partial charge in [0.15, 0.2) is 0 Å². The summed E-state index contributed by atoms with van der Waals surface area (Å²) < 4.78 is 5.07. The van der Waals surface area contributed by atoms with Crippen LogP contribution in [-0.4, -0.2) is 18.4 Å². The molecule has 2 rings (SSSR count). The molecule has 0 atom stereocenters. The summed E-state index contributed by atoms with van der Waals surface area (Å²) >= 11 is 12.0. The molecule has 4 nitrogen and oxygen atoms in total. The number of ether oxygens (including phenoxy) is 1. The van der Waals surface area contributed by atoms with E-state index in [9.17, 15) is 9.59 Å². The van der Waals surface area contributed by atoms with Gasteiger partial charge in [0, 0.05) is 10.0 Å². The highest BCUT2D eigenvalue weighted by Crippen LogP contribution is 2.24. The minimum atomic E-state index is -0.507. The second-order valence-electron chi connectivity index (χ2n) is 4.80. The summed E-state index contributed by atoms with van der Waals surface area (Å²) in [5, 5.41) is 3.32. The number of rotatable bonds is 6. The third-order valence-corrected chi connectivity index (χ3v) is 3.78. The summed E-state index contributed by atoms with van der Waals surface area (Å²) in [7, 11) is 0. The third kappa shape index (κ3) is 5.58. The first-order valence-electron chi connectivity index (χ1n) is 6.95. The Morgan fingerprint density at radius 1 is 0.957 bits per heavy atom. The molecule has 0 unspecified atom stereocenters. The number of carbonyl (C=O) groups excluding carboxylic acids is 2. The lowest BCUT2D eigenvalue weighted by Crippen LogP contribution is -2.31. The Morgan fingerprint density at radius 3 is 2.26 bits per heavy atom. The van der Waals surface area contributed by atoms with Gasteiger partial charge in [-0.05, 0) is 23.3 Å². The van der Waals surface area contributed by atoms with Crippen molar-refractivity contribution in [2.75, 3.05) is 6.54 Å². The predicted molar refractivity (Wildman–Crippen MR) is 89.4 cm³/mol. The largest absolute Gasteiger partial charge is 0.460 e. The zero-order valence-corrected chi connectivity index (χ0v) is 13.7. The van der Waals surface area contributed by atoms with Crippen LogP contribution in [-0.2, 0) is 27.4 Å². The third-order valence-electron chi connectivity index (χ3n) is 3.07. The molecule has 0 heterocycles. The molecule has 0 aliphatic rings. The van der Waals surface area contributed by atoms with Crippen molar-refractivity contribution < 1.29 is 14.3 Å². The predicted octanol–water partition coefficient (Wildman–Crippen LogP) is 3.40. The second-order valence-corrected chi connectivity index (χ2v) is 5.61. The Balaban J connectivity index is 1.77. The number of carbonyl (C=O) groups is 2. The molecule has 0 aliphatic carbocycles. The van der Waals surface area contributed by atoms with Gasteiger partial charge in [0.25, 0.3) is 0 Å². The highest BCUT2D eigenvalue weighted by Gasteiger charge is 2.12. The minimum Gasteiger partial charge on any atom is -0.460 e. The Bertz CT molecular complexity index is 669. The van der Waals surface area contributed by atoms with Crippen LogP contribution in [0.5, 0.6) is 0 Å². The zero-order valence-electron chi connectivity index (χ0n) is 12.2. The monoisotopic (exact) mass is 351 g/mol. The van der Waals surface area contributed by atoms with Gasteiger partial charge >= 0.3 is 5.97 Å². The molecule has 2 aromatic rings. The van der Waals surface area contributed by atoms with E-state index in [0.717, 1.165) is 5.56 Å². The van der Waals surface area contributed by atoms with Crippen LogP contribution in [0.15, 0.2) is 48.5 Å². The van der Waals surface area contributed by atoms with Crippen LogP contribution in [0, 0.1) is 0 Å². The standard InChI is InChI=1S/C17H15Cl2NO3/c18-14-7-4-8-15(19)13(14)9-16(21)20-10-17(22)23-11-12-5-2-1-3-6-12/h1-8H,9-11H2,(H,20,21). The highest BCUT2D eigenvalue weighted by atomic mass is 35.5. The molecular weight excluding hydrogens is 337 g/mol. The molecule has 6 heteroatoms. The SMILES string of the molecule is O=C(Cc1c(Cl)cccc1Cl)NCC(=O)OCc1ccccc1. The fourth-order valence-electron chi connectivity index (χ4n) is 1.88. The summed E-state index contributed by atoms with van der Waals surface area (Å²) in [5.41, 5.74) is 1.42. The Morgan fingerprint density at radius 2 is 1.61 bits per heavy atom. The number of benzene rings is 2. The van der Waals surface area contributed by atoms with Crippen LogP contribution in [0.1, 0.15) is 11.1 Å². The van der Waals surface area contributed by atoms with Gasteiger partial charge in [-0.2, -0.15) is 0 Å². The lowest BCUT2D eigenvalue weighted by Gasteiger charge is -2.08. The molecule has 0 bridgehead atoms. The van der Waals surface area contributed by atoms with E-state index >= 15 is 0 Å². The molecule has 0 saturated heterocycles. The van der Waals surface area contributed by atoms with Gasteiger partial charge in [-0.3, -0.25) is 9.59 Å². The van der Waals surface area contributed by atoms with Gasteiger partial charge in [-0.15, -0.1) is 0 Å². The lowest BCUT2D eigenvalue weighted by atomic mass is 10.1. The molecule has 0 spiro atoms. The molecule has 0 radical (unpaired) electrons. The van der Waals surface area contributed by atoms with Gasteiger partial charge in [0.1, 0.15) is 13.2 Å². The minimum absolute atomic E-state index is 0.00444. The smallest absolute Gasteiger partial charge is 0.325 e. The summed E-state index contributed by atoms with van der Waals surface area (Å²) in [6, 6.07) is 14.3.